The topological polar surface area (TPSA) is 101 Å². The summed E-state index contributed by atoms with van der Waals surface area (Å²) < 4.78 is 14.4. The van der Waals surface area contributed by atoms with Gasteiger partial charge in [-0.1, -0.05) is 0 Å². The molecule has 0 bridgehead atoms. The van der Waals surface area contributed by atoms with Crippen LogP contribution < -0.4 is 10.6 Å². The van der Waals surface area contributed by atoms with Crippen LogP contribution in [0.15, 0.2) is 24.4 Å². The fourth-order valence-corrected chi connectivity index (χ4v) is 4.14. The minimum absolute atomic E-state index is 0.0415. The third-order valence-electron chi connectivity index (χ3n) is 5.91. The first kappa shape index (κ1) is 21.5. The fraction of sp³-hybridized carbons (Fsp3) is 0.455. The molecule has 0 unspecified atom stereocenters. The van der Waals surface area contributed by atoms with E-state index in [1.807, 2.05) is 12.1 Å². The first-order chi connectivity index (χ1) is 14.1. The van der Waals surface area contributed by atoms with Gasteiger partial charge in [-0.15, -0.1) is 0 Å². The first-order valence-electron chi connectivity index (χ1n) is 9.80. The fourth-order valence-electron chi connectivity index (χ4n) is 4.14. The van der Waals surface area contributed by atoms with Crippen LogP contribution in [0, 0.1) is 28.5 Å². The summed E-state index contributed by atoms with van der Waals surface area (Å²) in [5.74, 6) is -0.172. The molecule has 0 amide bonds. The van der Waals surface area contributed by atoms with Gasteiger partial charge in [-0.2, -0.15) is 15.5 Å². The minimum Gasteiger partial charge on any atom is -0.365 e. The SMILES string of the molecule is CN1C(C)(C)CC(Nc2nc(Nc3ccc(C#N)c(C#N)c3)ncc2F)CC1(C)C. The van der Waals surface area contributed by atoms with Crippen molar-refractivity contribution in [1.29, 1.82) is 10.5 Å². The number of anilines is 3. The summed E-state index contributed by atoms with van der Waals surface area (Å²) in [7, 11) is 2.12. The van der Waals surface area contributed by atoms with E-state index in [1.165, 1.54) is 0 Å². The number of likely N-dealkylation sites (tertiary alicyclic amines) is 1. The van der Waals surface area contributed by atoms with Crippen LogP contribution in [0.1, 0.15) is 51.7 Å². The summed E-state index contributed by atoms with van der Waals surface area (Å²) >= 11 is 0. The molecule has 156 valence electrons. The average Bonchev–Trinajstić information content (AvgIpc) is 2.68. The molecule has 3 rings (SSSR count). The van der Waals surface area contributed by atoms with E-state index in [0.717, 1.165) is 19.0 Å². The Morgan fingerprint density at radius 3 is 2.33 bits per heavy atom. The van der Waals surface area contributed by atoms with Crippen LogP contribution in [0.25, 0.3) is 0 Å². The maximum Gasteiger partial charge on any atom is 0.229 e. The van der Waals surface area contributed by atoms with E-state index in [9.17, 15) is 9.65 Å². The number of benzene rings is 1. The Labute approximate surface area is 176 Å². The molecule has 1 aliphatic rings. The number of nitrogens with zero attached hydrogens (tertiary/aromatic N) is 5. The molecule has 2 heterocycles. The van der Waals surface area contributed by atoms with Crippen molar-refractivity contribution in [3.63, 3.8) is 0 Å². The van der Waals surface area contributed by atoms with E-state index >= 15 is 0 Å². The molecule has 0 radical (unpaired) electrons. The van der Waals surface area contributed by atoms with Crippen molar-refractivity contribution in [1.82, 2.24) is 14.9 Å². The molecule has 0 saturated carbocycles. The quantitative estimate of drug-likeness (QED) is 0.784. The Balaban J connectivity index is 1.81. The van der Waals surface area contributed by atoms with Crippen molar-refractivity contribution < 1.29 is 4.39 Å². The summed E-state index contributed by atoms with van der Waals surface area (Å²) in [5.41, 5.74) is 1.00. The Hall–Kier alpha value is -3.23. The predicted octanol–water partition coefficient (Wildman–Crippen LogP) is 4.17. The van der Waals surface area contributed by atoms with Gasteiger partial charge in [-0.3, -0.25) is 4.90 Å². The molecule has 30 heavy (non-hydrogen) atoms. The Kier molecular flexibility index (Phi) is 5.65. The molecule has 0 atom stereocenters. The molecule has 1 saturated heterocycles. The zero-order valence-electron chi connectivity index (χ0n) is 17.9. The highest BCUT2D eigenvalue weighted by atomic mass is 19.1. The molecular formula is C22H26FN7. The minimum atomic E-state index is -0.521. The van der Waals surface area contributed by atoms with Gasteiger partial charge in [-0.25, -0.2) is 9.37 Å². The summed E-state index contributed by atoms with van der Waals surface area (Å²) in [5, 5.41) is 24.5. The Morgan fingerprint density at radius 2 is 1.73 bits per heavy atom. The van der Waals surface area contributed by atoms with E-state index in [1.54, 1.807) is 18.2 Å². The highest BCUT2D eigenvalue weighted by Gasteiger charge is 2.43. The van der Waals surface area contributed by atoms with Gasteiger partial charge in [-0.05, 0) is 65.8 Å². The first-order valence-corrected chi connectivity index (χ1v) is 9.80. The van der Waals surface area contributed by atoms with Crippen LogP contribution in [0.2, 0.25) is 0 Å². The van der Waals surface area contributed by atoms with Crippen LogP contribution >= 0.6 is 0 Å². The largest absolute Gasteiger partial charge is 0.365 e. The lowest BCUT2D eigenvalue weighted by atomic mass is 9.77. The maximum absolute atomic E-state index is 14.4. The Bertz CT molecular complexity index is 1010. The van der Waals surface area contributed by atoms with Crippen LogP contribution in [-0.4, -0.2) is 39.0 Å². The van der Waals surface area contributed by atoms with E-state index in [4.69, 9.17) is 5.26 Å². The van der Waals surface area contributed by atoms with Gasteiger partial charge in [0.2, 0.25) is 5.95 Å². The molecule has 1 aromatic heterocycles. The highest BCUT2D eigenvalue weighted by molar-refractivity contribution is 5.61. The molecule has 0 aliphatic carbocycles. The zero-order chi connectivity index (χ0) is 22.1. The number of rotatable bonds is 4. The van der Waals surface area contributed by atoms with Gasteiger partial charge in [0.1, 0.15) is 12.1 Å². The van der Waals surface area contributed by atoms with E-state index in [2.05, 4.69) is 60.2 Å². The molecule has 2 N–H and O–H groups in total. The highest BCUT2D eigenvalue weighted by Crippen LogP contribution is 2.38. The molecule has 7 nitrogen and oxygen atoms in total. The standard InChI is InChI=1S/C22H26FN7/c1-21(2)9-17(10-22(3,4)30(21)5)27-19-18(23)13-26-20(29-19)28-16-7-6-14(11-24)15(8-16)12-25/h6-8,13,17H,9-10H2,1-5H3,(H2,26,27,28,29). The lowest BCUT2D eigenvalue weighted by Gasteiger charge is -2.53. The number of nitrogens with one attached hydrogen (secondary N) is 2. The summed E-state index contributed by atoms with van der Waals surface area (Å²) in [6.45, 7) is 8.74. The van der Waals surface area contributed by atoms with Crippen molar-refractivity contribution in [3.05, 3.63) is 41.3 Å². The number of piperidine rings is 1. The number of hydrogen-bond donors (Lipinski definition) is 2. The van der Waals surface area contributed by atoms with Crippen LogP contribution in [0.3, 0.4) is 0 Å². The second-order valence-electron chi connectivity index (χ2n) is 8.93. The summed E-state index contributed by atoms with van der Waals surface area (Å²) in [4.78, 5) is 10.7. The maximum atomic E-state index is 14.4. The van der Waals surface area contributed by atoms with Gasteiger partial charge in [0, 0.05) is 22.8 Å². The van der Waals surface area contributed by atoms with Crippen LogP contribution in [0.5, 0.6) is 0 Å². The van der Waals surface area contributed by atoms with Crippen molar-refractivity contribution in [2.45, 2.75) is 57.7 Å². The van der Waals surface area contributed by atoms with Crippen molar-refractivity contribution in [3.8, 4) is 12.1 Å². The van der Waals surface area contributed by atoms with Gasteiger partial charge in [0.05, 0.1) is 17.3 Å². The zero-order valence-corrected chi connectivity index (χ0v) is 17.9. The van der Waals surface area contributed by atoms with Gasteiger partial charge in [0.15, 0.2) is 11.6 Å². The lowest BCUT2D eigenvalue weighted by molar-refractivity contribution is -0.00778. The van der Waals surface area contributed by atoms with Crippen molar-refractivity contribution in [2.24, 2.45) is 0 Å². The number of nitriles is 2. The van der Waals surface area contributed by atoms with Crippen molar-refractivity contribution in [2.75, 3.05) is 17.7 Å². The molecule has 8 heteroatoms. The van der Waals surface area contributed by atoms with Crippen molar-refractivity contribution >= 4 is 17.5 Å². The number of halogens is 1. The predicted molar refractivity (Wildman–Crippen MR) is 114 cm³/mol. The van der Waals surface area contributed by atoms with Gasteiger partial charge < -0.3 is 10.6 Å². The van der Waals surface area contributed by atoms with Gasteiger partial charge in [0.25, 0.3) is 0 Å². The normalized spacial score (nSPS) is 18.3. The summed E-state index contributed by atoms with van der Waals surface area (Å²) in [6.07, 6.45) is 2.82. The van der Waals surface area contributed by atoms with Gasteiger partial charge >= 0.3 is 0 Å². The molecule has 0 spiro atoms. The molecule has 1 aliphatic heterocycles. The summed E-state index contributed by atoms with van der Waals surface area (Å²) in [6, 6.07) is 8.76. The molecule has 2 aromatic rings. The molecule has 1 fully saturated rings. The second-order valence-corrected chi connectivity index (χ2v) is 8.93. The van der Waals surface area contributed by atoms with E-state index in [0.29, 0.717) is 5.69 Å². The number of hydrogen-bond acceptors (Lipinski definition) is 7. The second kappa shape index (κ2) is 7.89. The Morgan fingerprint density at radius 1 is 1.10 bits per heavy atom. The third-order valence-corrected chi connectivity index (χ3v) is 5.91. The lowest BCUT2D eigenvalue weighted by Crippen LogP contribution is -2.61. The third kappa shape index (κ3) is 4.34. The van der Waals surface area contributed by atoms with E-state index < -0.39 is 5.82 Å². The molecular weight excluding hydrogens is 381 g/mol. The molecule has 1 aromatic carbocycles. The monoisotopic (exact) mass is 407 g/mol. The van der Waals surface area contributed by atoms with E-state index in [-0.39, 0.29) is 40.0 Å². The van der Waals surface area contributed by atoms with Crippen LogP contribution in [0.4, 0.5) is 21.8 Å². The smallest absolute Gasteiger partial charge is 0.229 e. The number of aromatic nitrogens is 2. The average molecular weight is 407 g/mol. The van der Waals surface area contributed by atoms with Crippen LogP contribution in [-0.2, 0) is 0 Å².